The maximum absolute atomic E-state index is 8.70. The third-order valence-corrected chi connectivity index (χ3v) is 6.04. The van der Waals surface area contributed by atoms with Gasteiger partial charge < -0.3 is 31.0 Å². The topological polar surface area (TPSA) is 130 Å². The number of rotatable bonds is 12. The molecule has 0 unspecified atom stereocenters. The molecule has 0 aliphatic carbocycles. The molecule has 1 saturated heterocycles. The number of nitrogens with two attached hydrogens (primary N) is 2. The predicted octanol–water partition coefficient (Wildman–Crippen LogP) is 3.41. The molecule has 0 amide bonds. The second-order valence-corrected chi connectivity index (χ2v) is 8.43. The van der Waals surface area contributed by atoms with Gasteiger partial charge in [-0.05, 0) is 99.6 Å². The van der Waals surface area contributed by atoms with Crippen LogP contribution < -0.4 is 20.9 Å². The highest BCUT2D eigenvalue weighted by molar-refractivity contribution is 5.97. The Bertz CT molecular complexity index is 891. The van der Waals surface area contributed by atoms with Crippen LogP contribution in [-0.4, -0.2) is 54.6 Å². The Morgan fingerprint density at radius 1 is 0.909 bits per heavy atom. The summed E-state index contributed by atoms with van der Waals surface area (Å²) in [5.74, 6) is 2.57. The lowest BCUT2D eigenvalue weighted by Crippen LogP contribution is -2.35. The van der Waals surface area contributed by atoms with E-state index in [1.807, 2.05) is 36.4 Å². The van der Waals surface area contributed by atoms with Crippen LogP contribution in [-0.2, 0) is 0 Å². The van der Waals surface area contributed by atoms with Crippen molar-refractivity contribution in [3.8, 4) is 11.5 Å². The molecule has 0 radical (unpaired) electrons. The zero-order valence-corrected chi connectivity index (χ0v) is 19.1. The molecule has 6 N–H and O–H groups in total. The number of nitrogens with one attached hydrogen (secondary N) is 1. The Hall–Kier alpha value is -3.26. The van der Waals surface area contributed by atoms with E-state index in [0.29, 0.717) is 12.2 Å². The average Bonchev–Trinajstić information content (AvgIpc) is 2.85. The van der Waals surface area contributed by atoms with Crippen molar-refractivity contribution in [2.75, 3.05) is 32.8 Å². The first-order valence-electron chi connectivity index (χ1n) is 11.6. The van der Waals surface area contributed by atoms with E-state index < -0.39 is 0 Å². The molecule has 33 heavy (non-hydrogen) atoms. The van der Waals surface area contributed by atoms with Crippen molar-refractivity contribution in [2.24, 2.45) is 22.5 Å². The normalized spacial score (nSPS) is 15.3. The van der Waals surface area contributed by atoms with E-state index in [0.717, 1.165) is 62.1 Å². The molecular weight excluding hydrogens is 418 g/mol. The number of oxime groups is 1. The lowest BCUT2D eigenvalue weighted by Gasteiger charge is -2.32. The fourth-order valence-electron chi connectivity index (χ4n) is 4.05. The van der Waals surface area contributed by atoms with Crippen molar-refractivity contribution in [2.45, 2.75) is 32.1 Å². The summed E-state index contributed by atoms with van der Waals surface area (Å²) >= 11 is 0. The largest absolute Gasteiger partial charge is 0.494 e. The first-order chi connectivity index (χ1) is 16.0. The molecule has 1 aliphatic heterocycles. The lowest BCUT2D eigenvalue weighted by molar-refractivity contribution is 0.161. The molecule has 178 valence electrons. The fraction of sp³-hybridized carbons (Fsp3) is 0.440. The Morgan fingerprint density at radius 2 is 1.45 bits per heavy atom. The van der Waals surface area contributed by atoms with Crippen LogP contribution in [0.4, 0.5) is 0 Å². The highest BCUT2D eigenvalue weighted by atomic mass is 16.5. The van der Waals surface area contributed by atoms with Crippen LogP contribution in [0.3, 0.4) is 0 Å². The Kier molecular flexibility index (Phi) is 9.38. The summed E-state index contributed by atoms with van der Waals surface area (Å²) in [4.78, 5) is 2.52. The van der Waals surface area contributed by atoms with Gasteiger partial charge in [-0.1, -0.05) is 5.16 Å². The molecule has 0 spiro atoms. The number of nitrogen functional groups attached to an aromatic ring is 1. The fourth-order valence-corrected chi connectivity index (χ4v) is 4.05. The van der Waals surface area contributed by atoms with Gasteiger partial charge in [0, 0.05) is 17.7 Å². The number of hydrogen-bond donors (Lipinski definition) is 4. The van der Waals surface area contributed by atoms with Gasteiger partial charge in [-0.25, -0.2) is 0 Å². The van der Waals surface area contributed by atoms with Gasteiger partial charge in [0.05, 0.1) is 13.2 Å². The van der Waals surface area contributed by atoms with Gasteiger partial charge in [0.1, 0.15) is 17.3 Å². The van der Waals surface area contributed by atoms with Gasteiger partial charge in [-0.3, -0.25) is 5.41 Å². The minimum Gasteiger partial charge on any atom is -0.494 e. The number of benzene rings is 2. The van der Waals surface area contributed by atoms with Crippen molar-refractivity contribution in [3.63, 3.8) is 0 Å². The van der Waals surface area contributed by atoms with Crippen molar-refractivity contribution >= 4 is 11.7 Å². The molecule has 1 heterocycles. The summed E-state index contributed by atoms with van der Waals surface area (Å²) in [5.41, 5.74) is 12.4. The summed E-state index contributed by atoms with van der Waals surface area (Å²) in [5, 5.41) is 19.1. The number of ether oxygens (including phenoxy) is 2. The maximum atomic E-state index is 8.70. The molecule has 0 aromatic heterocycles. The molecule has 2 aromatic rings. The van der Waals surface area contributed by atoms with Crippen LogP contribution >= 0.6 is 0 Å². The molecule has 1 fully saturated rings. The van der Waals surface area contributed by atoms with E-state index in [2.05, 4.69) is 10.1 Å². The number of hydrogen-bond acceptors (Lipinski definition) is 6. The zero-order chi connectivity index (χ0) is 23.5. The molecule has 8 heteroatoms. The monoisotopic (exact) mass is 453 g/mol. The van der Waals surface area contributed by atoms with Gasteiger partial charge in [0.25, 0.3) is 0 Å². The number of amidine groups is 2. The first kappa shape index (κ1) is 24.4. The van der Waals surface area contributed by atoms with Crippen molar-refractivity contribution in [1.29, 1.82) is 5.41 Å². The maximum Gasteiger partial charge on any atom is 0.170 e. The SMILES string of the molecule is N=C(N)c1ccc(OCCCC2CCN(CCCOc3ccc(/C(N)=N\O)cc3)CC2)cc1. The van der Waals surface area contributed by atoms with Crippen LogP contribution in [0.15, 0.2) is 53.7 Å². The highest BCUT2D eigenvalue weighted by Crippen LogP contribution is 2.22. The van der Waals surface area contributed by atoms with E-state index >= 15 is 0 Å². The standard InChI is InChI=1S/C25H35N5O3/c26-24(27)20-4-8-22(9-5-20)32-17-1-3-19-12-15-30(16-13-19)14-2-18-33-23-10-6-21(7-11-23)25(28)29-31/h4-11,19,31H,1-3,12-18H2,(H3,26,27)(H2,28,29). The molecule has 0 saturated carbocycles. The number of likely N-dealkylation sites (tertiary alicyclic amines) is 1. The summed E-state index contributed by atoms with van der Waals surface area (Å²) in [7, 11) is 0. The molecular formula is C25H35N5O3. The minimum absolute atomic E-state index is 0.0758. The van der Waals surface area contributed by atoms with Crippen LogP contribution in [0.1, 0.15) is 43.2 Å². The van der Waals surface area contributed by atoms with Crippen LogP contribution in [0, 0.1) is 11.3 Å². The minimum atomic E-state index is 0.0758. The molecule has 3 rings (SSSR count). The summed E-state index contributed by atoms with van der Waals surface area (Å²) in [6.45, 7) is 4.73. The predicted molar refractivity (Wildman–Crippen MR) is 130 cm³/mol. The summed E-state index contributed by atoms with van der Waals surface area (Å²) in [6, 6.07) is 14.6. The second-order valence-electron chi connectivity index (χ2n) is 8.43. The molecule has 1 aliphatic rings. The Labute approximate surface area is 195 Å². The van der Waals surface area contributed by atoms with Gasteiger partial charge in [0.2, 0.25) is 0 Å². The molecule has 2 aromatic carbocycles. The quantitative estimate of drug-likeness (QED) is 0.128. The van der Waals surface area contributed by atoms with Crippen molar-refractivity contribution < 1.29 is 14.7 Å². The van der Waals surface area contributed by atoms with Crippen LogP contribution in [0.2, 0.25) is 0 Å². The van der Waals surface area contributed by atoms with Gasteiger partial charge in [0.15, 0.2) is 5.84 Å². The van der Waals surface area contributed by atoms with Gasteiger partial charge in [-0.2, -0.15) is 0 Å². The van der Waals surface area contributed by atoms with E-state index in [1.54, 1.807) is 12.1 Å². The average molecular weight is 454 g/mol. The highest BCUT2D eigenvalue weighted by Gasteiger charge is 2.18. The first-order valence-corrected chi connectivity index (χ1v) is 11.6. The Morgan fingerprint density at radius 3 is 2.00 bits per heavy atom. The van der Waals surface area contributed by atoms with E-state index in [1.165, 1.54) is 19.3 Å². The van der Waals surface area contributed by atoms with E-state index in [4.69, 9.17) is 31.6 Å². The van der Waals surface area contributed by atoms with E-state index in [-0.39, 0.29) is 11.7 Å². The third kappa shape index (κ3) is 7.98. The van der Waals surface area contributed by atoms with E-state index in [9.17, 15) is 0 Å². The van der Waals surface area contributed by atoms with Gasteiger partial charge in [-0.15, -0.1) is 0 Å². The lowest BCUT2D eigenvalue weighted by atomic mass is 9.92. The molecule has 0 bridgehead atoms. The second kappa shape index (κ2) is 12.7. The number of nitrogens with zero attached hydrogens (tertiary/aromatic N) is 2. The summed E-state index contributed by atoms with van der Waals surface area (Å²) < 4.78 is 11.6. The van der Waals surface area contributed by atoms with Gasteiger partial charge >= 0.3 is 0 Å². The van der Waals surface area contributed by atoms with Crippen LogP contribution in [0.5, 0.6) is 11.5 Å². The van der Waals surface area contributed by atoms with Crippen LogP contribution in [0.25, 0.3) is 0 Å². The molecule has 8 nitrogen and oxygen atoms in total. The Balaban J connectivity index is 1.23. The third-order valence-electron chi connectivity index (χ3n) is 6.04. The summed E-state index contributed by atoms with van der Waals surface area (Å²) in [6.07, 6.45) is 5.72. The smallest absolute Gasteiger partial charge is 0.170 e. The van der Waals surface area contributed by atoms with Crippen molar-refractivity contribution in [3.05, 3.63) is 59.7 Å². The number of piperidine rings is 1. The van der Waals surface area contributed by atoms with Crippen molar-refractivity contribution in [1.82, 2.24) is 4.90 Å². The molecule has 0 atom stereocenters. The zero-order valence-electron chi connectivity index (χ0n) is 19.1.